The van der Waals surface area contributed by atoms with Crippen LogP contribution in [0.2, 0.25) is 5.02 Å². The maximum Gasteiger partial charge on any atom is 0.142 e. The van der Waals surface area contributed by atoms with Gasteiger partial charge in [-0.15, -0.1) is 0 Å². The van der Waals surface area contributed by atoms with Gasteiger partial charge in [-0.3, -0.25) is 0 Å². The second kappa shape index (κ2) is 2.13. The van der Waals surface area contributed by atoms with Crippen LogP contribution in [-0.2, 0) is 0 Å². The Balaban J connectivity index is 2.91. The molecule has 56 valence electrons. The van der Waals surface area contributed by atoms with E-state index < -0.39 is 0 Å². The van der Waals surface area contributed by atoms with Crippen LogP contribution in [0.1, 0.15) is 0 Å². The molecule has 2 aromatic heterocycles. The lowest BCUT2D eigenvalue weighted by Crippen LogP contribution is -1.85. The minimum Gasteiger partial charge on any atom is -0.506 e. The number of nitrogens with zero attached hydrogens (tertiary/aromatic N) is 2. The average Bonchev–Trinajstić information content (AvgIpc) is 2.34. The van der Waals surface area contributed by atoms with Gasteiger partial charge in [0.1, 0.15) is 11.3 Å². The molecular formula is C7H5ClN2O. The van der Waals surface area contributed by atoms with Gasteiger partial charge >= 0.3 is 0 Å². The SMILES string of the molecule is Oc1cc(Cl)cn2nccc12. The zero-order valence-corrected chi connectivity index (χ0v) is 6.28. The fourth-order valence-corrected chi connectivity index (χ4v) is 1.17. The third-order valence-corrected chi connectivity index (χ3v) is 1.66. The summed E-state index contributed by atoms with van der Waals surface area (Å²) in [5.41, 5.74) is 0.661. The number of fused-ring (bicyclic) bond motifs is 1. The number of hydrogen-bond donors (Lipinski definition) is 1. The Kier molecular flexibility index (Phi) is 1.26. The maximum atomic E-state index is 9.30. The molecule has 0 spiro atoms. The lowest BCUT2D eigenvalue weighted by molar-refractivity contribution is 0.478. The molecule has 2 heterocycles. The zero-order valence-electron chi connectivity index (χ0n) is 5.53. The topological polar surface area (TPSA) is 37.5 Å². The Morgan fingerprint density at radius 3 is 3.18 bits per heavy atom. The molecule has 0 bridgehead atoms. The van der Waals surface area contributed by atoms with Gasteiger partial charge in [0.15, 0.2) is 0 Å². The van der Waals surface area contributed by atoms with Crippen LogP contribution in [-0.4, -0.2) is 14.7 Å². The summed E-state index contributed by atoms with van der Waals surface area (Å²) in [5, 5.41) is 13.7. The molecule has 3 nitrogen and oxygen atoms in total. The van der Waals surface area contributed by atoms with Crippen molar-refractivity contribution in [2.45, 2.75) is 0 Å². The van der Waals surface area contributed by atoms with Crippen LogP contribution < -0.4 is 0 Å². The largest absolute Gasteiger partial charge is 0.506 e. The summed E-state index contributed by atoms with van der Waals surface area (Å²) < 4.78 is 1.53. The van der Waals surface area contributed by atoms with E-state index in [0.29, 0.717) is 10.5 Å². The highest BCUT2D eigenvalue weighted by Crippen LogP contribution is 2.21. The van der Waals surface area contributed by atoms with Gasteiger partial charge in [0.2, 0.25) is 0 Å². The van der Waals surface area contributed by atoms with E-state index in [-0.39, 0.29) is 5.75 Å². The van der Waals surface area contributed by atoms with Gasteiger partial charge in [-0.2, -0.15) is 5.10 Å². The van der Waals surface area contributed by atoms with Crippen LogP contribution in [0.15, 0.2) is 24.5 Å². The smallest absolute Gasteiger partial charge is 0.142 e. The molecule has 4 heteroatoms. The predicted octanol–water partition coefficient (Wildman–Crippen LogP) is 1.69. The molecule has 11 heavy (non-hydrogen) atoms. The highest BCUT2D eigenvalue weighted by atomic mass is 35.5. The van der Waals surface area contributed by atoms with Crippen molar-refractivity contribution in [3.05, 3.63) is 29.5 Å². The van der Waals surface area contributed by atoms with E-state index >= 15 is 0 Å². The van der Waals surface area contributed by atoms with Crippen molar-refractivity contribution in [3.8, 4) is 5.75 Å². The molecular weight excluding hydrogens is 164 g/mol. The fraction of sp³-hybridized carbons (Fsp3) is 0. The summed E-state index contributed by atoms with van der Waals surface area (Å²) in [6, 6.07) is 3.20. The van der Waals surface area contributed by atoms with Crippen LogP contribution in [0.25, 0.3) is 5.52 Å². The Morgan fingerprint density at radius 2 is 2.36 bits per heavy atom. The number of hydrogen-bond acceptors (Lipinski definition) is 2. The summed E-state index contributed by atoms with van der Waals surface area (Å²) in [4.78, 5) is 0. The monoisotopic (exact) mass is 168 g/mol. The standard InChI is InChI=1S/C7H5ClN2O/c8-5-3-7(11)6-1-2-9-10(6)4-5/h1-4,11H. The molecule has 0 fully saturated rings. The normalized spacial score (nSPS) is 10.6. The van der Waals surface area contributed by atoms with Gasteiger partial charge < -0.3 is 5.11 Å². The molecule has 0 aliphatic carbocycles. The second-order valence-corrected chi connectivity index (χ2v) is 2.64. The van der Waals surface area contributed by atoms with E-state index in [1.807, 2.05) is 0 Å². The van der Waals surface area contributed by atoms with Crippen molar-refractivity contribution in [3.63, 3.8) is 0 Å². The molecule has 0 aliphatic heterocycles. The van der Waals surface area contributed by atoms with E-state index in [2.05, 4.69) is 5.10 Å². The van der Waals surface area contributed by atoms with Crippen molar-refractivity contribution < 1.29 is 5.11 Å². The first-order valence-electron chi connectivity index (χ1n) is 3.09. The van der Waals surface area contributed by atoms with Crippen LogP contribution in [0, 0.1) is 0 Å². The van der Waals surface area contributed by atoms with E-state index in [4.69, 9.17) is 11.6 Å². The second-order valence-electron chi connectivity index (χ2n) is 2.20. The van der Waals surface area contributed by atoms with Gasteiger partial charge in [-0.1, -0.05) is 11.6 Å². The van der Waals surface area contributed by atoms with Gasteiger partial charge in [0.05, 0.1) is 11.2 Å². The average molecular weight is 169 g/mol. The lowest BCUT2D eigenvalue weighted by atomic mass is 10.4. The molecule has 0 aliphatic rings. The van der Waals surface area contributed by atoms with Crippen molar-refractivity contribution >= 4 is 17.1 Å². The maximum absolute atomic E-state index is 9.30. The van der Waals surface area contributed by atoms with E-state index in [9.17, 15) is 5.11 Å². The highest BCUT2D eigenvalue weighted by molar-refractivity contribution is 6.30. The molecule has 2 aromatic rings. The first-order chi connectivity index (χ1) is 5.27. The summed E-state index contributed by atoms with van der Waals surface area (Å²) in [6.07, 6.45) is 3.24. The van der Waals surface area contributed by atoms with E-state index in [0.717, 1.165) is 0 Å². The molecule has 0 radical (unpaired) electrons. The Morgan fingerprint density at radius 1 is 1.55 bits per heavy atom. The summed E-state index contributed by atoms with van der Waals surface area (Å²) >= 11 is 5.66. The van der Waals surface area contributed by atoms with Gasteiger partial charge in [-0.05, 0) is 6.07 Å². The van der Waals surface area contributed by atoms with E-state index in [1.165, 1.54) is 10.6 Å². The number of rotatable bonds is 0. The molecule has 0 atom stereocenters. The minimum absolute atomic E-state index is 0.148. The first kappa shape index (κ1) is 6.49. The summed E-state index contributed by atoms with van der Waals surface area (Å²) in [5.74, 6) is 0.148. The van der Waals surface area contributed by atoms with Gasteiger partial charge in [-0.25, -0.2) is 4.52 Å². The third-order valence-electron chi connectivity index (χ3n) is 1.45. The number of pyridine rings is 1. The number of aromatic hydroxyl groups is 1. The van der Waals surface area contributed by atoms with Crippen LogP contribution in [0.5, 0.6) is 5.75 Å². The van der Waals surface area contributed by atoms with Crippen molar-refractivity contribution in [2.75, 3.05) is 0 Å². The van der Waals surface area contributed by atoms with Crippen LogP contribution in [0.3, 0.4) is 0 Å². The lowest BCUT2D eigenvalue weighted by Gasteiger charge is -1.96. The number of halogens is 1. The molecule has 0 saturated heterocycles. The van der Waals surface area contributed by atoms with Crippen molar-refractivity contribution in [1.29, 1.82) is 0 Å². The van der Waals surface area contributed by atoms with Crippen molar-refractivity contribution in [1.82, 2.24) is 9.61 Å². The first-order valence-corrected chi connectivity index (χ1v) is 3.47. The molecule has 0 unspecified atom stereocenters. The molecule has 0 amide bonds. The molecule has 2 rings (SSSR count). The predicted molar refractivity (Wildman–Crippen MR) is 41.9 cm³/mol. The highest BCUT2D eigenvalue weighted by Gasteiger charge is 2.00. The Bertz CT molecular complexity index is 396. The molecule has 0 aromatic carbocycles. The summed E-state index contributed by atoms with van der Waals surface area (Å²) in [6.45, 7) is 0. The van der Waals surface area contributed by atoms with Crippen LogP contribution >= 0.6 is 11.6 Å². The Hall–Kier alpha value is -1.22. The molecule has 1 N–H and O–H groups in total. The van der Waals surface area contributed by atoms with Crippen LogP contribution in [0.4, 0.5) is 0 Å². The Labute approximate surface area is 67.8 Å². The van der Waals surface area contributed by atoms with Crippen molar-refractivity contribution in [2.24, 2.45) is 0 Å². The third kappa shape index (κ3) is 0.935. The van der Waals surface area contributed by atoms with Gasteiger partial charge in [0, 0.05) is 12.3 Å². The molecule has 0 saturated carbocycles. The number of aromatic nitrogens is 2. The summed E-state index contributed by atoms with van der Waals surface area (Å²) in [7, 11) is 0. The van der Waals surface area contributed by atoms with Gasteiger partial charge in [0.25, 0.3) is 0 Å². The quantitative estimate of drug-likeness (QED) is 0.650. The minimum atomic E-state index is 0.148. The zero-order chi connectivity index (χ0) is 7.84. The fourth-order valence-electron chi connectivity index (χ4n) is 0.979. The van der Waals surface area contributed by atoms with E-state index in [1.54, 1.807) is 18.5 Å².